The predicted octanol–water partition coefficient (Wildman–Crippen LogP) is 5.80. The first-order valence-corrected chi connectivity index (χ1v) is 10.7. The van der Waals surface area contributed by atoms with Gasteiger partial charge in [-0.25, -0.2) is 4.99 Å². The second-order valence-electron chi connectivity index (χ2n) is 6.77. The van der Waals surface area contributed by atoms with E-state index >= 15 is 0 Å². The van der Waals surface area contributed by atoms with E-state index in [1.165, 1.54) is 11.1 Å². The van der Waals surface area contributed by atoms with Gasteiger partial charge in [0.05, 0.1) is 0 Å². The lowest BCUT2D eigenvalue weighted by Gasteiger charge is -2.32. The van der Waals surface area contributed by atoms with E-state index in [1.807, 2.05) is 30.5 Å². The molecule has 0 spiro atoms. The van der Waals surface area contributed by atoms with Crippen LogP contribution in [0.2, 0.25) is 0 Å². The lowest BCUT2D eigenvalue weighted by molar-refractivity contribution is 0.651. The molecule has 1 aliphatic carbocycles. The Bertz CT molecular complexity index is 1010. The second-order valence-corrected chi connectivity index (χ2v) is 8.60. The van der Waals surface area contributed by atoms with Crippen molar-refractivity contribution in [1.82, 2.24) is 10.6 Å². The average Bonchev–Trinajstić information content (AvgIpc) is 2.70. The Kier molecular flexibility index (Phi) is 5.65. The lowest BCUT2D eigenvalue weighted by Crippen LogP contribution is -2.39. The Labute approximate surface area is 181 Å². The van der Waals surface area contributed by atoms with Crippen molar-refractivity contribution in [3.05, 3.63) is 85.4 Å². The van der Waals surface area contributed by atoms with Crippen LogP contribution in [0.5, 0.6) is 0 Å². The summed E-state index contributed by atoms with van der Waals surface area (Å²) < 4.78 is 2.11. The highest BCUT2D eigenvalue weighted by molar-refractivity contribution is 9.10. The molecule has 1 aliphatic heterocycles. The number of nitriles is 1. The van der Waals surface area contributed by atoms with Crippen molar-refractivity contribution in [1.29, 1.82) is 5.26 Å². The number of aliphatic imine (C=N–C) groups is 1. The third-order valence-corrected chi connectivity index (χ3v) is 5.99. The number of guanidine groups is 1. The quantitative estimate of drug-likeness (QED) is 0.407. The monoisotopic (exact) mass is 496 g/mol. The van der Waals surface area contributed by atoms with Crippen LogP contribution in [0, 0.1) is 11.5 Å². The normalized spacial score (nSPS) is 20.1. The summed E-state index contributed by atoms with van der Waals surface area (Å²) in [5.41, 5.74) is 5.90. The highest BCUT2D eigenvalue weighted by Gasteiger charge is 2.29. The molecule has 4 rings (SSSR count). The van der Waals surface area contributed by atoms with Crippen LogP contribution in [0.15, 0.2) is 79.3 Å². The van der Waals surface area contributed by atoms with Crippen molar-refractivity contribution in [2.24, 2.45) is 4.99 Å². The van der Waals surface area contributed by atoms with Crippen molar-refractivity contribution in [2.75, 3.05) is 0 Å². The van der Waals surface area contributed by atoms with Crippen molar-refractivity contribution < 1.29 is 0 Å². The van der Waals surface area contributed by atoms with Gasteiger partial charge in [-0.05, 0) is 71.9 Å². The first kappa shape index (κ1) is 19.0. The molecule has 0 amide bonds. The topological polar surface area (TPSA) is 60.2 Å². The molecule has 140 valence electrons. The smallest absolute Gasteiger partial charge is 0.210 e. The molecule has 1 atom stereocenters. The highest BCUT2D eigenvalue weighted by Crippen LogP contribution is 2.40. The van der Waals surface area contributed by atoms with Crippen LogP contribution in [-0.4, -0.2) is 5.96 Å². The van der Waals surface area contributed by atoms with Gasteiger partial charge in [0.1, 0.15) is 6.04 Å². The average molecular weight is 498 g/mol. The molecule has 2 aromatic rings. The number of allylic oxidation sites excluding steroid dienone is 1. The van der Waals surface area contributed by atoms with Crippen LogP contribution in [0.1, 0.15) is 36.4 Å². The van der Waals surface area contributed by atoms with Gasteiger partial charge < -0.3 is 5.32 Å². The minimum Gasteiger partial charge on any atom is -0.325 e. The fourth-order valence-electron chi connectivity index (χ4n) is 3.66. The maximum absolute atomic E-state index is 9.11. The van der Waals surface area contributed by atoms with Gasteiger partial charge >= 0.3 is 0 Å². The number of hydrogen-bond acceptors (Lipinski definition) is 4. The van der Waals surface area contributed by atoms with E-state index < -0.39 is 0 Å². The maximum Gasteiger partial charge on any atom is 0.210 e. The molecule has 2 aromatic carbocycles. The zero-order chi connectivity index (χ0) is 19.5. The molecule has 0 fully saturated rings. The summed E-state index contributed by atoms with van der Waals surface area (Å²) in [6, 6.07) is 16.5. The first-order chi connectivity index (χ1) is 13.6. The van der Waals surface area contributed by atoms with Crippen LogP contribution in [0.25, 0.3) is 6.08 Å². The van der Waals surface area contributed by atoms with Crippen LogP contribution in [-0.2, 0) is 0 Å². The largest absolute Gasteiger partial charge is 0.325 e. The SMILES string of the molecule is N#CNC1=NC(c2ccc(Br)cc2)C2=C(N1)/C(=C\c1ccc(Br)cc1)CCC2. The van der Waals surface area contributed by atoms with E-state index in [1.54, 1.807) is 0 Å². The predicted molar refractivity (Wildman–Crippen MR) is 119 cm³/mol. The molecule has 0 aromatic heterocycles. The van der Waals surface area contributed by atoms with Gasteiger partial charge in [-0.1, -0.05) is 56.1 Å². The summed E-state index contributed by atoms with van der Waals surface area (Å²) in [5, 5.41) is 15.2. The fourth-order valence-corrected chi connectivity index (χ4v) is 4.19. The Morgan fingerprint density at radius 2 is 1.71 bits per heavy atom. The Morgan fingerprint density at radius 3 is 2.39 bits per heavy atom. The third kappa shape index (κ3) is 4.06. The van der Waals surface area contributed by atoms with Crippen molar-refractivity contribution in [3.8, 4) is 6.19 Å². The van der Waals surface area contributed by atoms with Gasteiger partial charge in [0, 0.05) is 14.6 Å². The Hall–Kier alpha value is -2.36. The number of halogens is 2. The highest BCUT2D eigenvalue weighted by atomic mass is 79.9. The van der Waals surface area contributed by atoms with E-state index in [-0.39, 0.29) is 6.04 Å². The van der Waals surface area contributed by atoms with Gasteiger partial charge in [-0.2, -0.15) is 5.26 Å². The molecule has 0 saturated heterocycles. The molecule has 0 bridgehead atoms. The fraction of sp³-hybridized carbons (Fsp3) is 0.182. The van der Waals surface area contributed by atoms with Crippen molar-refractivity contribution in [2.45, 2.75) is 25.3 Å². The van der Waals surface area contributed by atoms with Crippen molar-refractivity contribution in [3.63, 3.8) is 0 Å². The molecule has 0 saturated carbocycles. The van der Waals surface area contributed by atoms with Crippen LogP contribution in [0.4, 0.5) is 0 Å². The Balaban J connectivity index is 1.77. The molecular formula is C22H18Br2N4. The molecule has 2 N–H and O–H groups in total. The van der Waals surface area contributed by atoms with Crippen LogP contribution >= 0.6 is 31.9 Å². The van der Waals surface area contributed by atoms with E-state index in [4.69, 9.17) is 10.3 Å². The summed E-state index contributed by atoms with van der Waals surface area (Å²) in [7, 11) is 0. The van der Waals surface area contributed by atoms with Gasteiger partial charge in [-0.15, -0.1) is 0 Å². The number of nitrogens with zero attached hydrogens (tertiary/aromatic N) is 2. The summed E-state index contributed by atoms with van der Waals surface area (Å²) in [6.07, 6.45) is 7.29. The van der Waals surface area contributed by atoms with Gasteiger partial charge in [0.25, 0.3) is 0 Å². The summed E-state index contributed by atoms with van der Waals surface area (Å²) in [4.78, 5) is 4.77. The molecule has 28 heavy (non-hydrogen) atoms. The number of nitrogens with one attached hydrogen (secondary N) is 2. The Morgan fingerprint density at radius 1 is 1.04 bits per heavy atom. The lowest BCUT2D eigenvalue weighted by atomic mass is 9.84. The number of rotatable bonds is 2. The van der Waals surface area contributed by atoms with Crippen molar-refractivity contribution >= 4 is 43.9 Å². The molecule has 4 nitrogen and oxygen atoms in total. The van der Waals surface area contributed by atoms with Crippen LogP contribution < -0.4 is 10.6 Å². The maximum atomic E-state index is 9.11. The minimum absolute atomic E-state index is 0.0891. The van der Waals surface area contributed by atoms with Crippen LogP contribution in [0.3, 0.4) is 0 Å². The molecular weight excluding hydrogens is 480 g/mol. The van der Waals surface area contributed by atoms with Gasteiger partial charge in [0.2, 0.25) is 5.96 Å². The third-order valence-electron chi connectivity index (χ3n) is 4.94. The second kappa shape index (κ2) is 8.34. The number of benzene rings is 2. The molecule has 1 unspecified atom stereocenters. The summed E-state index contributed by atoms with van der Waals surface area (Å²) in [5.74, 6) is 0.498. The molecule has 2 aliphatic rings. The van der Waals surface area contributed by atoms with Gasteiger partial charge in [-0.3, -0.25) is 5.32 Å². The van der Waals surface area contributed by atoms with Gasteiger partial charge in [0.15, 0.2) is 6.19 Å². The minimum atomic E-state index is -0.0891. The molecule has 0 radical (unpaired) electrons. The zero-order valence-corrected chi connectivity index (χ0v) is 18.2. The van der Waals surface area contributed by atoms with E-state index in [0.29, 0.717) is 5.96 Å². The summed E-state index contributed by atoms with van der Waals surface area (Å²) >= 11 is 6.99. The van der Waals surface area contributed by atoms with E-state index in [9.17, 15) is 0 Å². The summed E-state index contributed by atoms with van der Waals surface area (Å²) in [6.45, 7) is 0. The number of hydrogen-bond donors (Lipinski definition) is 2. The van der Waals surface area contributed by atoms with E-state index in [0.717, 1.165) is 45.0 Å². The first-order valence-electron chi connectivity index (χ1n) is 9.09. The molecule has 1 heterocycles. The molecule has 6 heteroatoms. The zero-order valence-electron chi connectivity index (χ0n) is 15.0. The standard InChI is InChI=1S/C22H18Br2N4/c23-17-8-4-14(5-9-17)12-16-2-1-3-19-20(15-6-10-18(24)11-7-15)27-22(26-13-25)28-21(16)19/h4-12,20H,1-3H2,(H2,26,27,28)/b16-12-. The van der Waals surface area contributed by atoms with E-state index in [2.05, 4.69) is 72.8 Å².